The highest BCUT2D eigenvalue weighted by Crippen LogP contribution is 2.15. The number of benzene rings is 3. The summed E-state index contributed by atoms with van der Waals surface area (Å²) in [6.45, 7) is 0. The first kappa shape index (κ1) is 15.0. The summed E-state index contributed by atoms with van der Waals surface area (Å²) in [5.41, 5.74) is 4.73. The summed E-state index contributed by atoms with van der Waals surface area (Å²) in [5, 5.41) is 6.32. The molecule has 3 aromatic rings. The van der Waals surface area contributed by atoms with E-state index in [4.69, 9.17) is 0 Å². The molecular formula is C20H18N2O. The second-order valence-electron chi connectivity index (χ2n) is 5.39. The van der Waals surface area contributed by atoms with Gasteiger partial charge in [0.05, 0.1) is 6.42 Å². The van der Waals surface area contributed by atoms with Gasteiger partial charge < -0.3 is 0 Å². The number of amides is 1. The summed E-state index contributed by atoms with van der Waals surface area (Å²) >= 11 is 0. The van der Waals surface area contributed by atoms with Crippen LogP contribution in [0.5, 0.6) is 0 Å². The molecule has 0 aliphatic carbocycles. The van der Waals surface area contributed by atoms with Crippen LogP contribution in [0.3, 0.4) is 0 Å². The van der Waals surface area contributed by atoms with E-state index < -0.39 is 0 Å². The summed E-state index contributed by atoms with van der Waals surface area (Å²) in [6.07, 6.45) is 2.75. The molecule has 0 unspecified atom stereocenters. The van der Waals surface area contributed by atoms with Gasteiger partial charge in [-0.15, -0.1) is 0 Å². The van der Waals surface area contributed by atoms with E-state index in [0.29, 0.717) is 12.8 Å². The Morgan fingerprint density at radius 3 is 2.43 bits per heavy atom. The van der Waals surface area contributed by atoms with Crippen molar-refractivity contribution in [2.75, 3.05) is 0 Å². The third-order valence-corrected chi connectivity index (χ3v) is 3.63. The Hall–Kier alpha value is -2.94. The molecule has 1 N–H and O–H groups in total. The largest absolute Gasteiger partial charge is 0.273 e. The van der Waals surface area contributed by atoms with Crippen molar-refractivity contribution in [1.82, 2.24) is 5.43 Å². The minimum Gasteiger partial charge on any atom is -0.273 e. The zero-order valence-electron chi connectivity index (χ0n) is 12.8. The van der Waals surface area contributed by atoms with Crippen molar-refractivity contribution in [3.05, 3.63) is 83.9 Å². The van der Waals surface area contributed by atoms with Crippen molar-refractivity contribution >= 4 is 22.9 Å². The second kappa shape index (κ2) is 7.36. The van der Waals surface area contributed by atoms with Gasteiger partial charge in [-0.25, -0.2) is 5.43 Å². The topological polar surface area (TPSA) is 41.5 Å². The smallest absolute Gasteiger partial charge is 0.244 e. The summed E-state index contributed by atoms with van der Waals surface area (Å²) in [6, 6.07) is 24.2. The van der Waals surface area contributed by atoms with E-state index in [1.54, 1.807) is 6.21 Å². The maximum absolute atomic E-state index is 11.9. The van der Waals surface area contributed by atoms with E-state index in [1.165, 1.54) is 10.9 Å². The van der Waals surface area contributed by atoms with Crippen molar-refractivity contribution in [3.63, 3.8) is 0 Å². The predicted molar refractivity (Wildman–Crippen MR) is 94.4 cm³/mol. The Labute approximate surface area is 135 Å². The van der Waals surface area contributed by atoms with Crippen molar-refractivity contribution in [3.8, 4) is 0 Å². The molecule has 0 aliphatic rings. The van der Waals surface area contributed by atoms with Crippen LogP contribution in [-0.2, 0) is 17.6 Å². The van der Waals surface area contributed by atoms with Gasteiger partial charge in [-0.05, 0) is 21.9 Å². The molecule has 1 amide bonds. The molecule has 114 valence electrons. The van der Waals surface area contributed by atoms with Crippen LogP contribution >= 0.6 is 0 Å². The fourth-order valence-electron chi connectivity index (χ4n) is 2.46. The van der Waals surface area contributed by atoms with Gasteiger partial charge in [0.1, 0.15) is 0 Å². The molecule has 23 heavy (non-hydrogen) atoms. The molecule has 0 spiro atoms. The number of fused-ring (bicyclic) bond motifs is 1. The highest BCUT2D eigenvalue weighted by atomic mass is 16.2. The average molecular weight is 302 g/mol. The predicted octanol–water partition coefficient (Wildman–Crippen LogP) is 3.73. The van der Waals surface area contributed by atoms with Crippen LogP contribution in [0, 0.1) is 0 Å². The van der Waals surface area contributed by atoms with Crippen molar-refractivity contribution < 1.29 is 4.79 Å². The number of hydrogen-bond acceptors (Lipinski definition) is 2. The van der Waals surface area contributed by atoms with Crippen LogP contribution in [0.2, 0.25) is 0 Å². The molecule has 0 fully saturated rings. The van der Waals surface area contributed by atoms with E-state index in [0.717, 1.165) is 10.9 Å². The maximum Gasteiger partial charge on any atom is 0.244 e. The van der Waals surface area contributed by atoms with Crippen molar-refractivity contribution in [2.24, 2.45) is 5.10 Å². The van der Waals surface area contributed by atoms with Gasteiger partial charge in [0.15, 0.2) is 0 Å². The SMILES string of the molecule is O=C(Cc1ccc2ccccc2c1)NN=CCc1ccccc1. The van der Waals surface area contributed by atoms with Crippen LogP contribution in [0.25, 0.3) is 10.8 Å². The molecule has 3 heteroatoms. The van der Waals surface area contributed by atoms with Crippen LogP contribution in [0.1, 0.15) is 11.1 Å². The Bertz CT molecular complexity index is 825. The summed E-state index contributed by atoms with van der Waals surface area (Å²) in [5.74, 6) is -0.107. The van der Waals surface area contributed by atoms with E-state index in [2.05, 4.69) is 22.7 Å². The highest BCUT2D eigenvalue weighted by Gasteiger charge is 2.03. The molecule has 0 saturated carbocycles. The van der Waals surface area contributed by atoms with E-state index in [-0.39, 0.29) is 5.91 Å². The monoisotopic (exact) mass is 302 g/mol. The number of nitrogens with zero attached hydrogens (tertiary/aromatic N) is 1. The van der Waals surface area contributed by atoms with Gasteiger partial charge >= 0.3 is 0 Å². The number of carbonyl (C=O) groups excluding carboxylic acids is 1. The molecule has 3 rings (SSSR count). The molecule has 3 aromatic carbocycles. The third kappa shape index (κ3) is 4.27. The van der Waals surface area contributed by atoms with Gasteiger partial charge in [-0.1, -0.05) is 72.8 Å². The van der Waals surface area contributed by atoms with Crippen LogP contribution in [-0.4, -0.2) is 12.1 Å². The minimum absolute atomic E-state index is 0.107. The number of nitrogens with one attached hydrogen (secondary N) is 1. The van der Waals surface area contributed by atoms with Gasteiger partial charge in [0, 0.05) is 12.6 Å². The van der Waals surface area contributed by atoms with Gasteiger partial charge in [-0.2, -0.15) is 5.10 Å². The summed E-state index contributed by atoms with van der Waals surface area (Å²) in [4.78, 5) is 11.9. The molecule has 0 aliphatic heterocycles. The number of hydrogen-bond donors (Lipinski definition) is 1. The zero-order valence-corrected chi connectivity index (χ0v) is 12.8. The molecule has 3 nitrogen and oxygen atoms in total. The number of carbonyl (C=O) groups is 1. The number of hydrazone groups is 1. The lowest BCUT2D eigenvalue weighted by atomic mass is 10.1. The van der Waals surface area contributed by atoms with E-state index in [1.807, 2.05) is 60.7 Å². The Morgan fingerprint density at radius 2 is 1.61 bits per heavy atom. The first-order valence-corrected chi connectivity index (χ1v) is 7.63. The van der Waals surface area contributed by atoms with Gasteiger partial charge in [-0.3, -0.25) is 4.79 Å². The van der Waals surface area contributed by atoms with Crippen LogP contribution in [0.4, 0.5) is 0 Å². The lowest BCUT2D eigenvalue weighted by Crippen LogP contribution is -2.19. The quantitative estimate of drug-likeness (QED) is 0.566. The maximum atomic E-state index is 11.9. The number of rotatable bonds is 5. The van der Waals surface area contributed by atoms with Crippen molar-refractivity contribution in [2.45, 2.75) is 12.8 Å². The Kier molecular flexibility index (Phi) is 4.79. The van der Waals surface area contributed by atoms with E-state index >= 15 is 0 Å². The van der Waals surface area contributed by atoms with Gasteiger partial charge in [0.2, 0.25) is 5.91 Å². The van der Waals surface area contributed by atoms with E-state index in [9.17, 15) is 4.79 Å². The normalized spacial score (nSPS) is 11.0. The zero-order chi connectivity index (χ0) is 15.9. The van der Waals surface area contributed by atoms with Crippen LogP contribution in [0.15, 0.2) is 77.9 Å². The molecular weight excluding hydrogens is 284 g/mol. The molecule has 0 aromatic heterocycles. The first-order valence-electron chi connectivity index (χ1n) is 7.63. The fraction of sp³-hybridized carbons (Fsp3) is 0.100. The molecule has 0 atom stereocenters. The van der Waals surface area contributed by atoms with Gasteiger partial charge in [0.25, 0.3) is 0 Å². The van der Waals surface area contributed by atoms with Crippen LogP contribution < -0.4 is 5.43 Å². The molecule has 0 radical (unpaired) electrons. The standard InChI is InChI=1S/C20H18N2O/c23-20(22-21-13-12-16-6-2-1-3-7-16)15-17-10-11-18-8-4-5-9-19(18)14-17/h1-11,13-14H,12,15H2,(H,22,23). The molecule has 0 bridgehead atoms. The molecule has 0 heterocycles. The Morgan fingerprint density at radius 1 is 0.870 bits per heavy atom. The molecule has 0 saturated heterocycles. The summed E-state index contributed by atoms with van der Waals surface area (Å²) in [7, 11) is 0. The third-order valence-electron chi connectivity index (χ3n) is 3.63. The first-order chi connectivity index (χ1) is 11.3. The fourth-order valence-corrected chi connectivity index (χ4v) is 2.46. The Balaban J connectivity index is 1.54. The second-order valence-corrected chi connectivity index (χ2v) is 5.39. The lowest BCUT2D eigenvalue weighted by Gasteiger charge is -2.03. The highest BCUT2D eigenvalue weighted by molar-refractivity contribution is 5.85. The average Bonchev–Trinajstić information content (AvgIpc) is 2.59. The minimum atomic E-state index is -0.107. The van der Waals surface area contributed by atoms with Crippen molar-refractivity contribution in [1.29, 1.82) is 0 Å². The lowest BCUT2D eigenvalue weighted by molar-refractivity contribution is -0.120. The summed E-state index contributed by atoms with van der Waals surface area (Å²) < 4.78 is 0.